The first-order valence-corrected chi connectivity index (χ1v) is 3.80. The van der Waals surface area contributed by atoms with Gasteiger partial charge in [-0.3, -0.25) is 0 Å². The summed E-state index contributed by atoms with van der Waals surface area (Å²) in [4.78, 5) is 0. The smallest absolute Gasteiger partial charge is 0.394 e. The van der Waals surface area contributed by atoms with Gasteiger partial charge in [0.15, 0.2) is 5.60 Å². The van der Waals surface area contributed by atoms with Gasteiger partial charge >= 0.3 is 6.18 Å². The van der Waals surface area contributed by atoms with E-state index in [1.54, 1.807) is 0 Å². The molecule has 3 N–H and O–H groups in total. The molecule has 13 heavy (non-hydrogen) atoms. The minimum absolute atomic E-state index is 0.378. The molecule has 0 radical (unpaired) electrons. The number of rotatable bonds is 2. The summed E-state index contributed by atoms with van der Waals surface area (Å²) in [6, 6.07) is 0. The number of ether oxygens (including phenoxy) is 1. The van der Waals surface area contributed by atoms with Crippen LogP contribution in [0.4, 0.5) is 13.2 Å². The molecule has 0 spiro atoms. The second-order valence-corrected chi connectivity index (χ2v) is 3.57. The minimum Gasteiger partial charge on any atom is -0.394 e. The number of alkyl halides is 3. The van der Waals surface area contributed by atoms with Crippen molar-refractivity contribution in [2.75, 3.05) is 13.7 Å². The average molecular weight is 199 g/mol. The Kier molecular flexibility index (Phi) is 2.34. The molecule has 0 saturated heterocycles. The molecule has 0 unspecified atom stereocenters. The van der Waals surface area contributed by atoms with Crippen molar-refractivity contribution in [3.05, 3.63) is 0 Å². The summed E-state index contributed by atoms with van der Waals surface area (Å²) in [6.45, 7) is -0.450. The van der Waals surface area contributed by atoms with Crippen LogP contribution in [0, 0.1) is 0 Å². The molecular formula is C7H12F3NO2. The fourth-order valence-corrected chi connectivity index (χ4v) is 1.66. The summed E-state index contributed by atoms with van der Waals surface area (Å²) in [5.41, 5.74) is 2.14. The molecule has 0 atom stereocenters. The lowest BCUT2D eigenvalue weighted by molar-refractivity contribution is -0.313. The maximum Gasteiger partial charge on any atom is 0.417 e. The lowest BCUT2D eigenvalue weighted by atomic mass is 9.65. The van der Waals surface area contributed by atoms with Gasteiger partial charge in [-0.2, -0.15) is 13.2 Å². The summed E-state index contributed by atoms with van der Waals surface area (Å²) < 4.78 is 41.5. The van der Waals surface area contributed by atoms with E-state index in [4.69, 9.17) is 10.8 Å². The molecule has 1 fully saturated rings. The van der Waals surface area contributed by atoms with Crippen molar-refractivity contribution in [2.45, 2.75) is 30.2 Å². The quantitative estimate of drug-likeness (QED) is 0.677. The van der Waals surface area contributed by atoms with Crippen molar-refractivity contribution in [3.8, 4) is 0 Å². The van der Waals surface area contributed by atoms with E-state index in [-0.39, 0.29) is 12.8 Å². The van der Waals surface area contributed by atoms with Gasteiger partial charge in [0.2, 0.25) is 0 Å². The van der Waals surface area contributed by atoms with Gasteiger partial charge in [-0.15, -0.1) is 0 Å². The van der Waals surface area contributed by atoms with E-state index in [0.717, 1.165) is 7.11 Å². The number of hydrogen-bond acceptors (Lipinski definition) is 3. The number of halogens is 3. The summed E-state index contributed by atoms with van der Waals surface area (Å²) in [6.07, 6.45) is -5.17. The first-order chi connectivity index (χ1) is 5.79. The SMILES string of the molecule is COC1(C(F)(F)F)CC(N)(CO)C1. The Morgan fingerprint density at radius 1 is 1.46 bits per heavy atom. The number of hydrogen-bond donors (Lipinski definition) is 2. The molecule has 1 aliphatic rings. The highest BCUT2D eigenvalue weighted by Crippen LogP contribution is 2.51. The van der Waals surface area contributed by atoms with Crippen molar-refractivity contribution >= 4 is 0 Å². The van der Waals surface area contributed by atoms with Gasteiger partial charge in [0.1, 0.15) is 0 Å². The number of aliphatic hydroxyl groups is 1. The fourth-order valence-electron chi connectivity index (χ4n) is 1.66. The third-order valence-electron chi connectivity index (χ3n) is 2.50. The molecule has 0 aromatic heterocycles. The Labute approximate surface area is 73.7 Å². The van der Waals surface area contributed by atoms with Gasteiger partial charge in [0.05, 0.1) is 6.61 Å². The van der Waals surface area contributed by atoms with Crippen LogP contribution in [0.25, 0.3) is 0 Å². The van der Waals surface area contributed by atoms with Crippen molar-refractivity contribution in [1.82, 2.24) is 0 Å². The van der Waals surface area contributed by atoms with E-state index in [2.05, 4.69) is 4.74 Å². The summed E-state index contributed by atoms with van der Waals surface area (Å²) in [5.74, 6) is 0. The normalized spacial score (nSPS) is 40.2. The Morgan fingerprint density at radius 2 is 1.92 bits per heavy atom. The Morgan fingerprint density at radius 3 is 2.15 bits per heavy atom. The van der Waals surface area contributed by atoms with Gasteiger partial charge in [0, 0.05) is 25.5 Å². The molecule has 0 aliphatic heterocycles. The topological polar surface area (TPSA) is 55.5 Å². The van der Waals surface area contributed by atoms with Crippen LogP contribution in [0.5, 0.6) is 0 Å². The third kappa shape index (κ3) is 1.53. The maximum atomic E-state index is 12.4. The van der Waals surface area contributed by atoms with E-state index < -0.39 is 23.9 Å². The predicted molar refractivity (Wildman–Crippen MR) is 39.0 cm³/mol. The molecule has 3 nitrogen and oxygen atoms in total. The van der Waals surface area contributed by atoms with Gasteiger partial charge in [-0.25, -0.2) is 0 Å². The molecule has 1 saturated carbocycles. The largest absolute Gasteiger partial charge is 0.417 e. The molecule has 78 valence electrons. The summed E-state index contributed by atoms with van der Waals surface area (Å²) in [7, 11) is 1.00. The number of aliphatic hydroxyl groups excluding tert-OH is 1. The highest BCUT2D eigenvalue weighted by molar-refractivity contribution is 5.12. The summed E-state index contributed by atoms with van der Waals surface area (Å²) >= 11 is 0. The summed E-state index contributed by atoms with van der Waals surface area (Å²) in [5, 5.41) is 8.69. The second-order valence-electron chi connectivity index (χ2n) is 3.57. The fraction of sp³-hybridized carbons (Fsp3) is 1.00. The highest BCUT2D eigenvalue weighted by atomic mass is 19.4. The van der Waals surface area contributed by atoms with Crippen molar-refractivity contribution < 1.29 is 23.0 Å². The molecule has 1 aliphatic carbocycles. The zero-order valence-electron chi connectivity index (χ0n) is 7.19. The van der Waals surface area contributed by atoms with Gasteiger partial charge in [-0.05, 0) is 0 Å². The highest BCUT2D eigenvalue weighted by Gasteiger charge is 2.67. The molecule has 0 aromatic carbocycles. The van der Waals surface area contributed by atoms with Crippen LogP contribution in [0.2, 0.25) is 0 Å². The number of nitrogens with two attached hydrogens (primary N) is 1. The van der Waals surface area contributed by atoms with Crippen LogP contribution < -0.4 is 5.73 Å². The molecule has 0 heterocycles. The number of methoxy groups -OCH3 is 1. The average Bonchev–Trinajstić information content (AvgIpc) is 1.96. The van der Waals surface area contributed by atoms with E-state index in [1.165, 1.54) is 0 Å². The molecule has 1 rings (SSSR count). The second kappa shape index (κ2) is 2.83. The molecule has 0 bridgehead atoms. The van der Waals surface area contributed by atoms with Gasteiger partial charge in [-0.1, -0.05) is 0 Å². The third-order valence-corrected chi connectivity index (χ3v) is 2.50. The predicted octanol–water partition coefficient (Wildman–Crippen LogP) is 0.418. The van der Waals surface area contributed by atoms with Crippen LogP contribution >= 0.6 is 0 Å². The Hall–Kier alpha value is -0.330. The van der Waals surface area contributed by atoms with Gasteiger partial charge < -0.3 is 15.6 Å². The van der Waals surface area contributed by atoms with Crippen molar-refractivity contribution in [1.29, 1.82) is 0 Å². The molecule has 0 aromatic rings. The van der Waals surface area contributed by atoms with Crippen molar-refractivity contribution in [2.24, 2.45) is 5.73 Å². The molecular weight excluding hydrogens is 187 g/mol. The van der Waals surface area contributed by atoms with Crippen LogP contribution in [-0.2, 0) is 4.74 Å². The van der Waals surface area contributed by atoms with E-state index in [1.807, 2.05) is 0 Å². The Bertz CT molecular complexity index is 198. The van der Waals surface area contributed by atoms with Gasteiger partial charge in [0.25, 0.3) is 0 Å². The maximum absolute atomic E-state index is 12.4. The Balaban J connectivity index is 2.71. The van der Waals surface area contributed by atoms with E-state index in [0.29, 0.717) is 0 Å². The zero-order valence-corrected chi connectivity index (χ0v) is 7.19. The monoisotopic (exact) mass is 199 g/mol. The van der Waals surface area contributed by atoms with E-state index >= 15 is 0 Å². The molecule has 0 amide bonds. The van der Waals surface area contributed by atoms with Crippen molar-refractivity contribution in [3.63, 3.8) is 0 Å². The first-order valence-electron chi connectivity index (χ1n) is 3.80. The van der Waals surface area contributed by atoms with Crippen LogP contribution in [0.15, 0.2) is 0 Å². The minimum atomic E-state index is -4.42. The molecule has 6 heteroatoms. The lowest BCUT2D eigenvalue weighted by Crippen LogP contribution is -2.70. The zero-order chi connectivity index (χ0) is 10.3. The van der Waals surface area contributed by atoms with E-state index in [9.17, 15) is 13.2 Å². The van der Waals surface area contributed by atoms with Crippen LogP contribution in [0.3, 0.4) is 0 Å². The lowest BCUT2D eigenvalue weighted by Gasteiger charge is -2.52. The van der Waals surface area contributed by atoms with Crippen LogP contribution in [0.1, 0.15) is 12.8 Å². The first kappa shape index (κ1) is 10.7. The standard InChI is InChI=1S/C7H12F3NO2/c1-13-6(7(8,9)10)2-5(11,3-6)4-12/h12H,2-4,11H2,1H3. The van der Waals surface area contributed by atoms with Crippen LogP contribution in [-0.4, -0.2) is 36.1 Å².